The molecular weight excluding hydrogens is 260 g/mol. The molecule has 1 aliphatic heterocycles. The number of amides is 1. The second-order valence-corrected chi connectivity index (χ2v) is 4.53. The van der Waals surface area contributed by atoms with Crippen LogP contribution in [0.4, 0.5) is 11.5 Å². The highest BCUT2D eigenvalue weighted by Gasteiger charge is 2.20. The highest BCUT2D eigenvalue weighted by atomic mass is 16.5. The fourth-order valence-electron chi connectivity index (χ4n) is 2.02. The molecule has 20 heavy (non-hydrogen) atoms. The topological polar surface area (TPSA) is 106 Å². The fraction of sp³-hybridized carbons (Fsp3) is 0.462. The molecule has 1 aliphatic rings. The number of hydrogen-bond donors (Lipinski definition) is 3. The van der Waals surface area contributed by atoms with Gasteiger partial charge in [-0.05, 0) is 19.4 Å². The van der Waals surface area contributed by atoms with Gasteiger partial charge in [0.2, 0.25) is 5.91 Å². The van der Waals surface area contributed by atoms with E-state index in [-0.39, 0.29) is 24.2 Å². The van der Waals surface area contributed by atoms with E-state index < -0.39 is 5.97 Å². The van der Waals surface area contributed by atoms with Crippen molar-refractivity contribution in [3.05, 3.63) is 17.8 Å². The molecule has 1 atom stereocenters. The van der Waals surface area contributed by atoms with E-state index >= 15 is 0 Å². The molecule has 0 radical (unpaired) electrons. The van der Waals surface area contributed by atoms with Gasteiger partial charge in [-0.25, -0.2) is 9.78 Å². The third-order valence-corrected chi connectivity index (χ3v) is 3.09. The number of carbonyl (C=O) groups excluding carboxylic acids is 2. The van der Waals surface area contributed by atoms with Gasteiger partial charge in [0.15, 0.2) is 0 Å². The van der Waals surface area contributed by atoms with E-state index in [2.05, 4.69) is 15.6 Å². The summed E-state index contributed by atoms with van der Waals surface area (Å²) in [5.74, 6) is 0.0216. The molecule has 0 saturated carbocycles. The molecule has 0 spiro atoms. The van der Waals surface area contributed by atoms with E-state index in [1.807, 2.05) is 0 Å². The van der Waals surface area contributed by atoms with Crippen molar-refractivity contribution in [2.75, 3.05) is 24.2 Å². The van der Waals surface area contributed by atoms with Crippen LogP contribution >= 0.6 is 0 Å². The minimum atomic E-state index is -0.465. The molecule has 7 nitrogen and oxygen atoms in total. The zero-order valence-corrected chi connectivity index (χ0v) is 11.3. The van der Waals surface area contributed by atoms with Gasteiger partial charge < -0.3 is 21.1 Å². The van der Waals surface area contributed by atoms with Crippen LogP contribution in [0.3, 0.4) is 0 Å². The van der Waals surface area contributed by atoms with E-state index in [0.29, 0.717) is 30.8 Å². The summed E-state index contributed by atoms with van der Waals surface area (Å²) in [6.45, 7) is 2.54. The summed E-state index contributed by atoms with van der Waals surface area (Å²) < 4.78 is 4.94. The van der Waals surface area contributed by atoms with Gasteiger partial charge in [0.1, 0.15) is 5.82 Å². The van der Waals surface area contributed by atoms with Crippen LogP contribution in [0.25, 0.3) is 0 Å². The highest BCUT2D eigenvalue weighted by molar-refractivity contribution is 5.97. The maximum absolute atomic E-state index is 11.7. The van der Waals surface area contributed by atoms with Crippen molar-refractivity contribution in [1.29, 1.82) is 0 Å². The Morgan fingerprint density at radius 3 is 3.10 bits per heavy atom. The Morgan fingerprint density at radius 2 is 2.45 bits per heavy atom. The van der Waals surface area contributed by atoms with Crippen molar-refractivity contribution >= 4 is 23.4 Å². The monoisotopic (exact) mass is 278 g/mol. The van der Waals surface area contributed by atoms with Gasteiger partial charge in [0.05, 0.1) is 17.9 Å². The lowest BCUT2D eigenvalue weighted by atomic mass is 10.1. The number of pyridine rings is 1. The van der Waals surface area contributed by atoms with Crippen molar-refractivity contribution in [1.82, 2.24) is 10.3 Å². The summed E-state index contributed by atoms with van der Waals surface area (Å²) >= 11 is 0. The smallest absolute Gasteiger partial charge is 0.340 e. The molecular formula is C13H18N4O3. The molecule has 2 rings (SSSR count). The predicted octanol–water partition coefficient (Wildman–Crippen LogP) is 0.531. The molecule has 2 heterocycles. The number of nitrogens with one attached hydrogen (secondary N) is 2. The Kier molecular flexibility index (Phi) is 4.39. The van der Waals surface area contributed by atoms with Gasteiger partial charge in [-0.15, -0.1) is 0 Å². The largest absolute Gasteiger partial charge is 0.462 e. The van der Waals surface area contributed by atoms with Crippen LogP contribution in [-0.2, 0) is 9.53 Å². The second kappa shape index (κ2) is 6.23. The number of anilines is 2. The zero-order valence-electron chi connectivity index (χ0n) is 11.3. The molecule has 0 bridgehead atoms. The lowest BCUT2D eigenvalue weighted by Crippen LogP contribution is -2.42. The van der Waals surface area contributed by atoms with Crippen LogP contribution in [0.5, 0.6) is 0 Å². The second-order valence-electron chi connectivity index (χ2n) is 4.53. The van der Waals surface area contributed by atoms with Crippen LogP contribution < -0.4 is 16.4 Å². The van der Waals surface area contributed by atoms with Gasteiger partial charge in [-0.1, -0.05) is 0 Å². The van der Waals surface area contributed by atoms with Gasteiger partial charge in [-0.2, -0.15) is 0 Å². The number of ether oxygens (including phenoxy) is 1. The van der Waals surface area contributed by atoms with Gasteiger partial charge in [-0.3, -0.25) is 4.79 Å². The molecule has 1 saturated heterocycles. The van der Waals surface area contributed by atoms with Crippen LogP contribution in [-0.4, -0.2) is 36.1 Å². The van der Waals surface area contributed by atoms with Gasteiger partial charge in [0.25, 0.3) is 0 Å². The number of nitrogens with two attached hydrogens (primary N) is 1. The minimum Gasteiger partial charge on any atom is -0.462 e. The predicted molar refractivity (Wildman–Crippen MR) is 74.3 cm³/mol. The van der Waals surface area contributed by atoms with E-state index in [4.69, 9.17) is 10.5 Å². The number of carbonyl (C=O) groups is 2. The van der Waals surface area contributed by atoms with Crippen LogP contribution in [0, 0.1) is 0 Å². The lowest BCUT2D eigenvalue weighted by molar-refractivity contribution is -0.122. The third-order valence-electron chi connectivity index (χ3n) is 3.09. The Bertz CT molecular complexity index is 508. The standard InChI is InChI=1S/C13H18N4O3/c1-2-20-13(19)9-5-6-15-12(11(9)14)17-8-3-4-10(18)16-7-8/h5-6,8H,2-4,7,14H2,1H3,(H,15,17)(H,16,18). The normalized spacial score (nSPS) is 18.2. The molecule has 1 aromatic rings. The molecule has 1 unspecified atom stereocenters. The van der Waals surface area contributed by atoms with Crippen molar-refractivity contribution in [2.45, 2.75) is 25.8 Å². The van der Waals surface area contributed by atoms with Gasteiger partial charge >= 0.3 is 5.97 Å². The van der Waals surface area contributed by atoms with Crippen molar-refractivity contribution in [3.8, 4) is 0 Å². The van der Waals surface area contributed by atoms with Crippen LogP contribution in [0.2, 0.25) is 0 Å². The van der Waals surface area contributed by atoms with E-state index in [0.717, 1.165) is 0 Å². The number of esters is 1. The van der Waals surface area contributed by atoms with E-state index in [9.17, 15) is 9.59 Å². The Balaban J connectivity index is 2.10. The maximum Gasteiger partial charge on any atom is 0.340 e. The summed E-state index contributed by atoms with van der Waals surface area (Å²) in [7, 11) is 0. The maximum atomic E-state index is 11.7. The average Bonchev–Trinajstić information content (AvgIpc) is 2.44. The van der Waals surface area contributed by atoms with Crippen molar-refractivity contribution in [3.63, 3.8) is 0 Å². The SMILES string of the molecule is CCOC(=O)c1ccnc(NC2CCC(=O)NC2)c1N. The number of piperidine rings is 1. The molecule has 0 aromatic carbocycles. The van der Waals surface area contributed by atoms with Crippen molar-refractivity contribution in [2.24, 2.45) is 0 Å². The number of aromatic nitrogens is 1. The van der Waals surface area contributed by atoms with Crippen LogP contribution in [0.1, 0.15) is 30.1 Å². The molecule has 1 fully saturated rings. The fourth-order valence-corrected chi connectivity index (χ4v) is 2.02. The molecule has 7 heteroatoms. The molecule has 108 valence electrons. The first-order valence-electron chi connectivity index (χ1n) is 6.56. The zero-order chi connectivity index (χ0) is 14.5. The Labute approximate surface area is 116 Å². The lowest BCUT2D eigenvalue weighted by Gasteiger charge is -2.24. The summed E-state index contributed by atoms with van der Waals surface area (Å²) in [6, 6.07) is 1.58. The number of nitrogens with zero attached hydrogens (tertiary/aromatic N) is 1. The third kappa shape index (κ3) is 3.17. The van der Waals surface area contributed by atoms with E-state index in [1.54, 1.807) is 6.92 Å². The summed E-state index contributed by atoms with van der Waals surface area (Å²) in [6.07, 6.45) is 2.68. The summed E-state index contributed by atoms with van der Waals surface area (Å²) in [4.78, 5) is 27.0. The Hall–Kier alpha value is -2.31. The average molecular weight is 278 g/mol. The molecule has 1 aromatic heterocycles. The highest BCUT2D eigenvalue weighted by Crippen LogP contribution is 2.22. The molecule has 1 amide bonds. The molecule has 4 N–H and O–H groups in total. The van der Waals surface area contributed by atoms with Crippen LogP contribution in [0.15, 0.2) is 12.3 Å². The minimum absolute atomic E-state index is 0.0456. The van der Waals surface area contributed by atoms with Gasteiger partial charge in [0, 0.05) is 25.2 Å². The van der Waals surface area contributed by atoms with E-state index in [1.165, 1.54) is 12.3 Å². The van der Waals surface area contributed by atoms with Crippen molar-refractivity contribution < 1.29 is 14.3 Å². The summed E-state index contributed by atoms with van der Waals surface area (Å²) in [5.41, 5.74) is 6.51. The first kappa shape index (κ1) is 14.1. The quantitative estimate of drug-likeness (QED) is 0.694. The number of hydrogen-bond acceptors (Lipinski definition) is 6. The first-order chi connectivity index (χ1) is 9.61. The number of rotatable bonds is 4. The first-order valence-corrected chi connectivity index (χ1v) is 6.56. The number of nitrogen functional groups attached to an aromatic ring is 1. The summed E-state index contributed by atoms with van der Waals surface area (Å²) in [5, 5.41) is 5.92. The Morgan fingerprint density at radius 1 is 1.65 bits per heavy atom. The molecule has 0 aliphatic carbocycles.